The molecule has 9 nitrogen and oxygen atoms in total. The third-order valence-electron chi connectivity index (χ3n) is 8.72. The second kappa shape index (κ2) is 14.4. The molecule has 0 saturated carbocycles. The molecule has 2 amide bonds. The molecular formula is C33H34FIN4O5S2. The molecule has 2 aromatic carbocycles. The first-order valence-corrected chi connectivity index (χ1v) is 18.2. The lowest BCUT2D eigenvalue weighted by Gasteiger charge is -2.42. The van der Waals surface area contributed by atoms with Crippen LogP contribution >= 0.6 is 45.3 Å². The van der Waals surface area contributed by atoms with Crippen molar-refractivity contribution in [2.24, 2.45) is 0 Å². The van der Waals surface area contributed by atoms with Gasteiger partial charge in [-0.05, 0) is 42.2 Å². The molecule has 242 valence electrons. The lowest BCUT2D eigenvalue weighted by atomic mass is 10.0. The average molecular weight is 777 g/mol. The summed E-state index contributed by atoms with van der Waals surface area (Å²) in [5.74, 6) is -1.29. The van der Waals surface area contributed by atoms with Gasteiger partial charge < -0.3 is 19.7 Å². The fraction of sp³-hybridized carbons (Fsp3) is 0.394. The van der Waals surface area contributed by atoms with E-state index in [-0.39, 0.29) is 48.8 Å². The van der Waals surface area contributed by atoms with Gasteiger partial charge in [0.2, 0.25) is 5.91 Å². The van der Waals surface area contributed by atoms with Gasteiger partial charge in [0.25, 0.3) is 5.91 Å². The Morgan fingerprint density at radius 1 is 1.13 bits per heavy atom. The molecule has 0 unspecified atom stereocenters. The van der Waals surface area contributed by atoms with E-state index in [0.29, 0.717) is 34.2 Å². The van der Waals surface area contributed by atoms with Crippen molar-refractivity contribution in [3.63, 3.8) is 0 Å². The number of thiophene rings is 1. The van der Waals surface area contributed by atoms with E-state index in [1.165, 1.54) is 35.8 Å². The molecule has 2 aromatic heterocycles. The smallest absolute Gasteiger partial charge is 0.305 e. The molecule has 4 heterocycles. The molecule has 2 fully saturated rings. The third kappa shape index (κ3) is 6.98. The molecule has 2 atom stereocenters. The number of ether oxygens (including phenoxy) is 2. The Hall–Kier alpha value is -2.98. The van der Waals surface area contributed by atoms with Crippen molar-refractivity contribution in [1.29, 1.82) is 0 Å². The van der Waals surface area contributed by atoms with Crippen molar-refractivity contribution in [3.8, 4) is 0 Å². The molecule has 13 heteroatoms. The van der Waals surface area contributed by atoms with Crippen LogP contribution in [0.1, 0.15) is 50.3 Å². The van der Waals surface area contributed by atoms with Crippen LogP contribution in [0.5, 0.6) is 0 Å². The van der Waals surface area contributed by atoms with Crippen molar-refractivity contribution in [2.75, 3.05) is 39.2 Å². The minimum atomic E-state index is -0.537. The fourth-order valence-corrected chi connectivity index (χ4v) is 8.68. The fourth-order valence-electron chi connectivity index (χ4n) is 6.06. The zero-order valence-corrected chi connectivity index (χ0v) is 29.3. The number of carbonyl (C=O) groups excluding carboxylic acids is 3. The number of likely N-dealkylation sites (tertiary alicyclic amines) is 2. The summed E-state index contributed by atoms with van der Waals surface area (Å²) in [7, 11) is 3.08. The third-order valence-corrected chi connectivity index (χ3v) is 11.7. The molecule has 4 aromatic rings. The number of nitrogens with one attached hydrogen (secondary N) is 1. The Bertz CT molecular complexity index is 1760. The monoisotopic (exact) mass is 776 g/mol. The van der Waals surface area contributed by atoms with Crippen LogP contribution in [0.25, 0.3) is 10.1 Å². The minimum Gasteiger partial charge on any atom is -0.469 e. The van der Waals surface area contributed by atoms with Crippen LogP contribution in [0.4, 0.5) is 10.1 Å². The second-order valence-electron chi connectivity index (χ2n) is 11.5. The molecule has 0 bridgehead atoms. The summed E-state index contributed by atoms with van der Waals surface area (Å²) in [6, 6.07) is 10.6. The highest BCUT2D eigenvalue weighted by Gasteiger charge is 2.43. The van der Waals surface area contributed by atoms with E-state index in [0.717, 1.165) is 45.0 Å². The van der Waals surface area contributed by atoms with E-state index in [1.54, 1.807) is 19.4 Å². The normalized spacial score (nSPS) is 18.6. The van der Waals surface area contributed by atoms with Gasteiger partial charge in [-0.1, -0.05) is 40.8 Å². The predicted molar refractivity (Wildman–Crippen MR) is 185 cm³/mol. The number of nitrogens with zero attached hydrogens (tertiary/aromatic N) is 3. The van der Waals surface area contributed by atoms with Crippen LogP contribution < -0.4 is 5.32 Å². The first-order chi connectivity index (χ1) is 22.3. The molecular weight excluding hydrogens is 742 g/mol. The van der Waals surface area contributed by atoms with Crippen molar-refractivity contribution in [1.82, 2.24) is 14.8 Å². The van der Waals surface area contributed by atoms with Gasteiger partial charge in [-0.2, -0.15) is 0 Å². The van der Waals surface area contributed by atoms with Gasteiger partial charge in [-0.15, -0.1) is 22.7 Å². The molecule has 0 radical (unpaired) electrons. The number of amides is 2. The number of anilines is 1. The largest absolute Gasteiger partial charge is 0.469 e. The second-order valence-corrected chi connectivity index (χ2v) is 14.3. The quantitative estimate of drug-likeness (QED) is 0.113. The van der Waals surface area contributed by atoms with E-state index in [2.05, 4.69) is 37.8 Å². The summed E-state index contributed by atoms with van der Waals surface area (Å²) >= 11 is 5.18. The van der Waals surface area contributed by atoms with Gasteiger partial charge >= 0.3 is 5.97 Å². The first-order valence-electron chi connectivity index (χ1n) is 15.0. The number of methoxy groups -OCH3 is 2. The maximum absolute atomic E-state index is 15.6. The predicted octanol–water partition coefficient (Wildman–Crippen LogP) is 6.01. The highest BCUT2D eigenvalue weighted by molar-refractivity contribution is 14.1. The van der Waals surface area contributed by atoms with Crippen LogP contribution in [0, 0.1) is 5.82 Å². The van der Waals surface area contributed by atoms with Gasteiger partial charge in [-0.25, -0.2) is 9.37 Å². The summed E-state index contributed by atoms with van der Waals surface area (Å²) in [4.78, 5) is 48.5. The van der Waals surface area contributed by atoms with Crippen LogP contribution in [0.3, 0.4) is 0 Å². The number of esters is 1. The van der Waals surface area contributed by atoms with E-state index < -0.39 is 5.82 Å². The molecule has 2 aliphatic rings. The van der Waals surface area contributed by atoms with Crippen molar-refractivity contribution in [3.05, 3.63) is 80.4 Å². The summed E-state index contributed by atoms with van der Waals surface area (Å²) < 4.78 is 27.4. The van der Waals surface area contributed by atoms with E-state index in [9.17, 15) is 14.4 Å². The number of hydrogen-bond acceptors (Lipinski definition) is 9. The Morgan fingerprint density at radius 3 is 2.70 bits per heavy atom. The zero-order chi connectivity index (χ0) is 32.4. The number of halogens is 2. The topological polar surface area (TPSA) is 101 Å². The first kappa shape index (κ1) is 32.9. The highest BCUT2D eigenvalue weighted by Crippen LogP contribution is 2.39. The van der Waals surface area contributed by atoms with Crippen LogP contribution in [0.2, 0.25) is 0 Å². The van der Waals surface area contributed by atoms with Crippen molar-refractivity contribution >= 4 is 78.8 Å². The lowest BCUT2D eigenvalue weighted by Crippen LogP contribution is -2.56. The number of aryl methyl sites for hydroxylation is 1. The average Bonchev–Trinajstić information content (AvgIpc) is 3.79. The maximum Gasteiger partial charge on any atom is 0.305 e. The van der Waals surface area contributed by atoms with Gasteiger partial charge in [0.15, 0.2) is 0 Å². The number of thiazole rings is 1. The number of benzene rings is 2. The summed E-state index contributed by atoms with van der Waals surface area (Å²) in [5.41, 5.74) is 1.98. The van der Waals surface area contributed by atoms with Crippen molar-refractivity contribution < 1.29 is 28.2 Å². The minimum absolute atomic E-state index is 0.108. The number of hydrogen-bond donors (Lipinski definition) is 1. The number of fused-ring (bicyclic) bond motifs is 1. The highest BCUT2D eigenvalue weighted by atomic mass is 127. The molecule has 2 aliphatic heterocycles. The zero-order valence-electron chi connectivity index (χ0n) is 25.5. The lowest BCUT2D eigenvalue weighted by molar-refractivity contribution is -0.140. The molecule has 46 heavy (non-hydrogen) atoms. The molecule has 1 N–H and O–H groups in total. The van der Waals surface area contributed by atoms with Gasteiger partial charge in [-0.3, -0.25) is 19.3 Å². The summed E-state index contributed by atoms with van der Waals surface area (Å²) in [5, 5.41) is 6.38. The SMILES string of the molecule is COC(=O)CCc1cnc([C@@H]2C[C@H](N3CC(OC)C3)CN2C(=O)Cc2cc(CI)c(NC(=O)c3csc4ccccc34)cc2F)s1. The standard InChI is InChI=1S/C33H34FIN4O5S2/c1-43-22-16-38(17-22)21-11-28(33-36-14-23(46-33)7-8-31(41)44-2)39(15-21)30(40)10-19-9-20(13-35)27(12-26(19)34)37-32(42)25-18-45-29-6-4-3-5-24(25)29/h3-6,9,12,14,18,21-22,28H,7-8,10-11,13,15-17H2,1-2H3,(H,37,42)/t21-,28-/m0/s1. The Labute approximate surface area is 288 Å². The van der Waals surface area contributed by atoms with E-state index >= 15 is 4.39 Å². The number of alkyl halides is 1. The van der Waals surface area contributed by atoms with E-state index in [1.807, 2.05) is 34.5 Å². The van der Waals surface area contributed by atoms with Crippen LogP contribution in [-0.2, 0) is 36.3 Å². The van der Waals surface area contributed by atoms with Crippen molar-refractivity contribution in [2.45, 2.75) is 48.3 Å². The van der Waals surface area contributed by atoms with Crippen LogP contribution in [0.15, 0.2) is 48.0 Å². The van der Waals surface area contributed by atoms with E-state index in [4.69, 9.17) is 9.47 Å². The molecule has 2 saturated heterocycles. The summed E-state index contributed by atoms with van der Waals surface area (Å²) in [6.45, 7) is 2.13. The number of rotatable bonds is 11. The van der Waals surface area contributed by atoms with Gasteiger partial charge in [0, 0.05) is 69.4 Å². The van der Waals surface area contributed by atoms with Gasteiger partial charge in [0.1, 0.15) is 10.8 Å². The Kier molecular flexibility index (Phi) is 10.3. The Balaban J connectivity index is 1.19. The van der Waals surface area contributed by atoms with Gasteiger partial charge in [0.05, 0.1) is 37.7 Å². The number of carbonyl (C=O) groups is 3. The molecule has 0 aliphatic carbocycles. The maximum atomic E-state index is 15.6. The molecule has 6 rings (SSSR count). The Morgan fingerprint density at radius 2 is 1.93 bits per heavy atom. The number of aromatic nitrogens is 1. The van der Waals surface area contributed by atoms with Crippen LogP contribution in [-0.4, -0.2) is 78.6 Å². The molecule has 0 spiro atoms. The summed E-state index contributed by atoms with van der Waals surface area (Å²) in [6.07, 6.45) is 3.34.